The molecule has 0 aromatic heterocycles. The Hall–Kier alpha value is -3.65. The summed E-state index contributed by atoms with van der Waals surface area (Å²) in [4.78, 5) is 29.6. The van der Waals surface area contributed by atoms with Crippen LogP contribution < -0.4 is 9.62 Å². The van der Waals surface area contributed by atoms with Crippen LogP contribution in [0.4, 0.5) is 5.69 Å². The van der Waals surface area contributed by atoms with E-state index >= 15 is 0 Å². The van der Waals surface area contributed by atoms with Crippen molar-refractivity contribution < 1.29 is 18.0 Å². The van der Waals surface area contributed by atoms with Crippen LogP contribution in [0.2, 0.25) is 0 Å². The second-order valence-electron chi connectivity index (χ2n) is 11.7. The molecule has 4 rings (SSSR count). The molecule has 1 fully saturated rings. The number of carbonyl (C=O) groups excluding carboxylic acids is 2. The second kappa shape index (κ2) is 14.7. The average Bonchev–Trinajstić information content (AvgIpc) is 3.00. The highest BCUT2D eigenvalue weighted by Gasteiger charge is 2.34. The smallest absolute Gasteiger partial charge is 0.264 e. The summed E-state index contributed by atoms with van der Waals surface area (Å²) in [5.74, 6) is -0.578. The zero-order valence-electron chi connectivity index (χ0n) is 25.9. The predicted molar refractivity (Wildman–Crippen MR) is 173 cm³/mol. The number of nitrogens with zero attached hydrogens (tertiary/aromatic N) is 2. The van der Waals surface area contributed by atoms with E-state index in [2.05, 4.69) is 5.32 Å². The van der Waals surface area contributed by atoms with Crippen LogP contribution in [0, 0.1) is 20.8 Å². The highest BCUT2D eigenvalue weighted by molar-refractivity contribution is 7.92. The standard InChI is InChI=1S/C35H45N3O4S/c1-5-33(35(40)36-30-14-10-7-11-15-30)37(23-22-29-12-8-6-9-13-29)34(39)25-38(31-19-18-27(3)28(4)24-31)43(41,42)32-20-16-26(2)17-21-32/h6,8-9,12-13,16-21,24,30,33H,5,7,10-11,14-15,22-23,25H2,1-4H3,(H,36,40). The number of hydrogen-bond donors (Lipinski definition) is 1. The summed E-state index contributed by atoms with van der Waals surface area (Å²) in [7, 11) is -4.09. The molecule has 2 amide bonds. The molecule has 3 aromatic carbocycles. The summed E-state index contributed by atoms with van der Waals surface area (Å²) in [6.45, 7) is 7.57. The lowest BCUT2D eigenvalue weighted by Crippen LogP contribution is -2.54. The fourth-order valence-corrected chi connectivity index (χ4v) is 7.09. The zero-order chi connectivity index (χ0) is 31.0. The van der Waals surface area contributed by atoms with Gasteiger partial charge < -0.3 is 10.2 Å². The van der Waals surface area contributed by atoms with Gasteiger partial charge in [0.1, 0.15) is 12.6 Å². The summed E-state index contributed by atoms with van der Waals surface area (Å²) in [5, 5.41) is 3.20. The van der Waals surface area contributed by atoms with Gasteiger partial charge in [0.05, 0.1) is 10.6 Å². The number of rotatable bonds is 12. The van der Waals surface area contributed by atoms with Crippen molar-refractivity contribution in [3.05, 3.63) is 95.1 Å². The van der Waals surface area contributed by atoms with Crippen molar-refractivity contribution in [3.63, 3.8) is 0 Å². The number of benzene rings is 3. The van der Waals surface area contributed by atoms with Crippen molar-refractivity contribution in [1.82, 2.24) is 10.2 Å². The molecule has 7 nitrogen and oxygen atoms in total. The highest BCUT2D eigenvalue weighted by Crippen LogP contribution is 2.27. The first-order valence-corrected chi connectivity index (χ1v) is 16.8. The van der Waals surface area contributed by atoms with Gasteiger partial charge in [0.2, 0.25) is 11.8 Å². The van der Waals surface area contributed by atoms with Gasteiger partial charge in [-0.15, -0.1) is 0 Å². The van der Waals surface area contributed by atoms with Gasteiger partial charge in [-0.1, -0.05) is 80.3 Å². The maximum atomic E-state index is 14.3. The van der Waals surface area contributed by atoms with Crippen molar-refractivity contribution in [3.8, 4) is 0 Å². The molecular formula is C35H45N3O4S. The number of sulfonamides is 1. The normalized spacial score (nSPS) is 14.6. The number of amides is 2. The van der Waals surface area contributed by atoms with E-state index in [4.69, 9.17) is 0 Å². The molecule has 230 valence electrons. The lowest BCUT2D eigenvalue weighted by Gasteiger charge is -2.34. The Balaban J connectivity index is 1.68. The molecule has 8 heteroatoms. The zero-order valence-corrected chi connectivity index (χ0v) is 26.7. The quantitative estimate of drug-likeness (QED) is 0.271. The molecule has 1 aliphatic rings. The van der Waals surface area contributed by atoms with E-state index in [0.29, 0.717) is 25.1 Å². The molecule has 0 radical (unpaired) electrons. The van der Waals surface area contributed by atoms with Gasteiger partial charge >= 0.3 is 0 Å². The Bertz CT molecular complexity index is 1480. The summed E-state index contributed by atoms with van der Waals surface area (Å²) in [6, 6.07) is 21.3. The maximum absolute atomic E-state index is 14.3. The van der Waals surface area contributed by atoms with E-state index in [0.717, 1.165) is 47.9 Å². The summed E-state index contributed by atoms with van der Waals surface area (Å²) < 4.78 is 29.4. The van der Waals surface area contributed by atoms with Gasteiger partial charge in [0.25, 0.3) is 10.0 Å². The van der Waals surface area contributed by atoms with Gasteiger partial charge in [-0.2, -0.15) is 0 Å². The SMILES string of the molecule is CCC(C(=O)NC1CCCCC1)N(CCc1ccccc1)C(=O)CN(c1ccc(C)c(C)c1)S(=O)(=O)c1ccc(C)cc1. The van der Waals surface area contributed by atoms with E-state index in [1.165, 1.54) is 10.7 Å². The molecule has 0 saturated heterocycles. The summed E-state index contributed by atoms with van der Waals surface area (Å²) >= 11 is 0. The van der Waals surface area contributed by atoms with Crippen molar-refractivity contribution in [2.45, 2.75) is 89.6 Å². The molecule has 3 aromatic rings. The predicted octanol–water partition coefficient (Wildman–Crippen LogP) is 6.11. The molecule has 0 aliphatic heterocycles. The van der Waals surface area contributed by atoms with E-state index in [1.807, 2.05) is 64.1 Å². The summed E-state index contributed by atoms with van der Waals surface area (Å²) in [6.07, 6.45) is 6.20. The van der Waals surface area contributed by atoms with Gasteiger partial charge in [0.15, 0.2) is 0 Å². The number of carbonyl (C=O) groups is 2. The van der Waals surface area contributed by atoms with E-state index in [9.17, 15) is 18.0 Å². The van der Waals surface area contributed by atoms with Crippen LogP contribution >= 0.6 is 0 Å². The minimum Gasteiger partial charge on any atom is -0.352 e. The molecule has 1 atom stereocenters. The molecule has 1 aliphatic carbocycles. The van der Waals surface area contributed by atoms with Crippen LogP contribution in [-0.2, 0) is 26.0 Å². The minimum absolute atomic E-state index is 0.107. The van der Waals surface area contributed by atoms with E-state index in [1.54, 1.807) is 41.3 Å². The molecule has 0 heterocycles. The van der Waals surface area contributed by atoms with Crippen molar-refractivity contribution >= 4 is 27.5 Å². The number of anilines is 1. The average molecular weight is 604 g/mol. The Labute approximate surface area is 257 Å². The Kier molecular flexibility index (Phi) is 11.0. The van der Waals surface area contributed by atoms with Gasteiger partial charge in [0, 0.05) is 12.6 Å². The molecular weight excluding hydrogens is 558 g/mol. The second-order valence-corrected chi connectivity index (χ2v) is 13.5. The Morgan fingerprint density at radius 1 is 0.884 bits per heavy atom. The molecule has 1 saturated carbocycles. The van der Waals surface area contributed by atoms with Gasteiger partial charge in [-0.05, 0) is 87.4 Å². The van der Waals surface area contributed by atoms with Crippen molar-refractivity contribution in [2.75, 3.05) is 17.4 Å². The first-order chi connectivity index (χ1) is 20.6. The van der Waals surface area contributed by atoms with E-state index in [-0.39, 0.29) is 16.8 Å². The van der Waals surface area contributed by atoms with Crippen LogP contribution in [0.3, 0.4) is 0 Å². The van der Waals surface area contributed by atoms with Crippen LogP contribution in [0.1, 0.15) is 67.7 Å². The lowest BCUT2D eigenvalue weighted by molar-refractivity contribution is -0.140. The van der Waals surface area contributed by atoms with Crippen molar-refractivity contribution in [2.24, 2.45) is 0 Å². The Morgan fingerprint density at radius 3 is 2.19 bits per heavy atom. The maximum Gasteiger partial charge on any atom is 0.264 e. The van der Waals surface area contributed by atoms with Crippen LogP contribution in [-0.4, -0.2) is 50.3 Å². The number of hydrogen-bond acceptors (Lipinski definition) is 4. The largest absolute Gasteiger partial charge is 0.352 e. The number of aryl methyl sites for hydroxylation is 3. The topological polar surface area (TPSA) is 86.8 Å². The monoisotopic (exact) mass is 603 g/mol. The molecule has 1 unspecified atom stereocenters. The van der Waals surface area contributed by atoms with Crippen LogP contribution in [0.5, 0.6) is 0 Å². The fraction of sp³-hybridized carbons (Fsp3) is 0.429. The fourth-order valence-electron chi connectivity index (χ4n) is 5.69. The van der Waals surface area contributed by atoms with Gasteiger partial charge in [-0.3, -0.25) is 13.9 Å². The first-order valence-electron chi connectivity index (χ1n) is 15.4. The van der Waals surface area contributed by atoms with Crippen molar-refractivity contribution in [1.29, 1.82) is 0 Å². The molecule has 43 heavy (non-hydrogen) atoms. The molecule has 1 N–H and O–H groups in total. The third-order valence-corrected chi connectivity index (χ3v) is 10.3. The summed E-state index contributed by atoms with van der Waals surface area (Å²) in [5.41, 5.74) is 4.35. The molecule has 0 bridgehead atoms. The van der Waals surface area contributed by atoms with Crippen LogP contribution in [0.25, 0.3) is 0 Å². The highest BCUT2D eigenvalue weighted by atomic mass is 32.2. The van der Waals surface area contributed by atoms with Gasteiger partial charge in [-0.25, -0.2) is 8.42 Å². The Morgan fingerprint density at radius 2 is 1.56 bits per heavy atom. The number of nitrogens with one attached hydrogen (secondary N) is 1. The minimum atomic E-state index is -4.09. The first kappa shape index (κ1) is 32.3. The van der Waals surface area contributed by atoms with Crippen LogP contribution in [0.15, 0.2) is 77.7 Å². The van der Waals surface area contributed by atoms with E-state index < -0.39 is 28.5 Å². The lowest BCUT2D eigenvalue weighted by atomic mass is 9.95. The third-order valence-electron chi connectivity index (χ3n) is 8.49. The third kappa shape index (κ3) is 8.25. The molecule has 0 spiro atoms.